The topological polar surface area (TPSA) is 55.4 Å². The summed E-state index contributed by atoms with van der Waals surface area (Å²) in [6.07, 6.45) is 1.07. The zero-order valence-corrected chi connectivity index (χ0v) is 18.9. The molecule has 0 bridgehead atoms. The molecule has 0 spiro atoms. The van der Waals surface area contributed by atoms with Crippen molar-refractivity contribution in [3.63, 3.8) is 0 Å². The number of aliphatic imine (C=N–C) groups is 1. The Hall–Kier alpha value is -0.160. The van der Waals surface area contributed by atoms with Gasteiger partial charge in [0.05, 0.1) is 0 Å². The standard InChI is InChI=1S/C17H38N6O.HI/c1-5-22-12-14-23(15-13-22)11-8-20-17(18-2)19-7-10-21(3)9-6-16-24-4;/h5-16H2,1-4H3,(H2,18,19,20);1H. The lowest BCUT2D eigenvalue weighted by Crippen LogP contribution is -2.49. The molecule has 0 aromatic rings. The summed E-state index contributed by atoms with van der Waals surface area (Å²) in [5, 5.41) is 6.80. The zero-order chi connectivity index (χ0) is 17.6. The molecule has 0 radical (unpaired) electrons. The summed E-state index contributed by atoms with van der Waals surface area (Å²) in [6, 6.07) is 0. The van der Waals surface area contributed by atoms with E-state index in [1.807, 2.05) is 7.05 Å². The summed E-state index contributed by atoms with van der Waals surface area (Å²) in [5.41, 5.74) is 0. The zero-order valence-electron chi connectivity index (χ0n) is 16.6. The molecule has 0 aromatic heterocycles. The first-order valence-corrected chi connectivity index (χ1v) is 9.26. The van der Waals surface area contributed by atoms with Gasteiger partial charge in [-0.2, -0.15) is 0 Å². The van der Waals surface area contributed by atoms with Gasteiger partial charge in [0.25, 0.3) is 0 Å². The van der Waals surface area contributed by atoms with Gasteiger partial charge in [-0.15, -0.1) is 24.0 Å². The molecule has 1 saturated heterocycles. The molecule has 0 saturated carbocycles. The van der Waals surface area contributed by atoms with Gasteiger partial charge in [-0.25, -0.2) is 0 Å². The Morgan fingerprint density at radius 1 is 1.08 bits per heavy atom. The third kappa shape index (κ3) is 12.0. The van der Waals surface area contributed by atoms with Gasteiger partial charge in [0.1, 0.15) is 0 Å². The van der Waals surface area contributed by atoms with Gasteiger partial charge in [-0.05, 0) is 20.0 Å². The molecule has 8 heteroatoms. The molecule has 150 valence electrons. The van der Waals surface area contributed by atoms with Crippen molar-refractivity contribution in [2.75, 3.05) is 93.3 Å². The number of nitrogens with zero attached hydrogens (tertiary/aromatic N) is 4. The van der Waals surface area contributed by atoms with Crippen LogP contribution in [0.15, 0.2) is 4.99 Å². The Morgan fingerprint density at radius 3 is 2.32 bits per heavy atom. The second-order valence-electron chi connectivity index (χ2n) is 6.35. The molecule has 25 heavy (non-hydrogen) atoms. The van der Waals surface area contributed by atoms with Crippen molar-refractivity contribution in [3.8, 4) is 0 Å². The maximum atomic E-state index is 5.08. The van der Waals surface area contributed by atoms with Crippen molar-refractivity contribution in [2.24, 2.45) is 4.99 Å². The molecule has 1 fully saturated rings. The number of likely N-dealkylation sites (N-methyl/N-ethyl adjacent to an activating group) is 2. The van der Waals surface area contributed by atoms with Crippen LogP contribution in [0.4, 0.5) is 0 Å². The quantitative estimate of drug-likeness (QED) is 0.197. The van der Waals surface area contributed by atoms with Crippen LogP contribution in [-0.4, -0.2) is 114 Å². The van der Waals surface area contributed by atoms with Gasteiger partial charge < -0.3 is 25.2 Å². The van der Waals surface area contributed by atoms with E-state index >= 15 is 0 Å². The number of hydrogen-bond acceptors (Lipinski definition) is 5. The van der Waals surface area contributed by atoms with Crippen LogP contribution in [0.5, 0.6) is 0 Å². The van der Waals surface area contributed by atoms with Crippen LogP contribution in [0.3, 0.4) is 0 Å². The second-order valence-corrected chi connectivity index (χ2v) is 6.35. The summed E-state index contributed by atoms with van der Waals surface area (Å²) in [6.45, 7) is 14.0. The molecule has 1 aliphatic rings. The Morgan fingerprint density at radius 2 is 1.72 bits per heavy atom. The summed E-state index contributed by atoms with van der Waals surface area (Å²) in [7, 11) is 5.72. The SMILES string of the molecule is CCN1CCN(CCNC(=NC)NCCN(C)CCCOC)CC1.I. The average Bonchev–Trinajstić information content (AvgIpc) is 2.61. The maximum Gasteiger partial charge on any atom is 0.191 e. The summed E-state index contributed by atoms with van der Waals surface area (Å²) in [5.74, 6) is 0.896. The van der Waals surface area contributed by atoms with E-state index in [2.05, 4.69) is 44.3 Å². The van der Waals surface area contributed by atoms with Crippen LogP contribution >= 0.6 is 24.0 Å². The molecule has 0 unspecified atom stereocenters. The largest absolute Gasteiger partial charge is 0.385 e. The summed E-state index contributed by atoms with van der Waals surface area (Å²) in [4.78, 5) is 11.6. The van der Waals surface area contributed by atoms with Crippen molar-refractivity contribution < 1.29 is 4.74 Å². The lowest BCUT2D eigenvalue weighted by molar-refractivity contribution is 0.139. The fourth-order valence-corrected chi connectivity index (χ4v) is 2.84. The molecule has 1 heterocycles. The number of guanidine groups is 1. The van der Waals surface area contributed by atoms with Gasteiger partial charge in [-0.3, -0.25) is 9.89 Å². The lowest BCUT2D eigenvalue weighted by Gasteiger charge is -2.34. The fraction of sp³-hybridized carbons (Fsp3) is 0.941. The van der Waals surface area contributed by atoms with E-state index in [0.29, 0.717) is 0 Å². The number of rotatable bonds is 11. The minimum absolute atomic E-state index is 0. The average molecular weight is 470 g/mol. The third-order valence-electron chi connectivity index (χ3n) is 4.53. The second kappa shape index (κ2) is 16.0. The van der Waals surface area contributed by atoms with Crippen molar-refractivity contribution in [1.82, 2.24) is 25.3 Å². The van der Waals surface area contributed by atoms with Crippen LogP contribution in [0.1, 0.15) is 13.3 Å². The Kier molecular flexibility index (Phi) is 15.9. The number of hydrogen-bond donors (Lipinski definition) is 2. The van der Waals surface area contributed by atoms with Gasteiger partial charge >= 0.3 is 0 Å². The predicted molar refractivity (Wildman–Crippen MR) is 117 cm³/mol. The highest BCUT2D eigenvalue weighted by atomic mass is 127. The molecule has 7 nitrogen and oxygen atoms in total. The van der Waals surface area contributed by atoms with Crippen LogP contribution in [-0.2, 0) is 4.74 Å². The van der Waals surface area contributed by atoms with Gasteiger partial charge in [0, 0.05) is 79.7 Å². The van der Waals surface area contributed by atoms with Crippen LogP contribution < -0.4 is 10.6 Å². The minimum atomic E-state index is 0. The van der Waals surface area contributed by atoms with E-state index < -0.39 is 0 Å². The fourth-order valence-electron chi connectivity index (χ4n) is 2.84. The molecule has 0 aromatic carbocycles. The van der Waals surface area contributed by atoms with Gasteiger partial charge in [0.15, 0.2) is 5.96 Å². The van der Waals surface area contributed by atoms with E-state index in [4.69, 9.17) is 4.74 Å². The van der Waals surface area contributed by atoms with Gasteiger partial charge in [0.2, 0.25) is 0 Å². The number of nitrogens with one attached hydrogen (secondary N) is 2. The maximum absolute atomic E-state index is 5.08. The molecule has 0 amide bonds. The Bertz CT molecular complexity index is 337. The van der Waals surface area contributed by atoms with E-state index in [1.165, 1.54) is 32.7 Å². The highest BCUT2D eigenvalue weighted by Crippen LogP contribution is 1.99. The Balaban J connectivity index is 0.00000576. The van der Waals surface area contributed by atoms with Crippen molar-refractivity contribution >= 4 is 29.9 Å². The monoisotopic (exact) mass is 470 g/mol. The highest BCUT2D eigenvalue weighted by Gasteiger charge is 2.14. The molecule has 0 atom stereocenters. The van der Waals surface area contributed by atoms with E-state index in [1.54, 1.807) is 7.11 Å². The first-order valence-electron chi connectivity index (χ1n) is 9.26. The van der Waals surface area contributed by atoms with Crippen molar-refractivity contribution in [3.05, 3.63) is 0 Å². The van der Waals surface area contributed by atoms with Crippen molar-refractivity contribution in [1.29, 1.82) is 0 Å². The molecular weight excluding hydrogens is 431 g/mol. The summed E-state index contributed by atoms with van der Waals surface area (Å²) < 4.78 is 5.08. The molecule has 1 rings (SSSR count). The smallest absolute Gasteiger partial charge is 0.191 e. The van der Waals surface area contributed by atoms with E-state index in [-0.39, 0.29) is 24.0 Å². The molecule has 1 aliphatic heterocycles. The number of halogens is 1. The predicted octanol–water partition coefficient (Wildman–Crippen LogP) is 0.375. The summed E-state index contributed by atoms with van der Waals surface area (Å²) >= 11 is 0. The van der Waals surface area contributed by atoms with E-state index in [9.17, 15) is 0 Å². The normalized spacial score (nSPS) is 16.8. The van der Waals surface area contributed by atoms with Crippen LogP contribution in [0.25, 0.3) is 0 Å². The van der Waals surface area contributed by atoms with Gasteiger partial charge in [-0.1, -0.05) is 6.92 Å². The highest BCUT2D eigenvalue weighted by molar-refractivity contribution is 14.0. The number of methoxy groups -OCH3 is 1. The number of ether oxygens (including phenoxy) is 1. The minimum Gasteiger partial charge on any atom is -0.385 e. The van der Waals surface area contributed by atoms with E-state index in [0.717, 1.165) is 51.7 Å². The molecule has 2 N–H and O–H groups in total. The van der Waals surface area contributed by atoms with Crippen molar-refractivity contribution in [2.45, 2.75) is 13.3 Å². The van der Waals surface area contributed by atoms with Crippen LogP contribution in [0.2, 0.25) is 0 Å². The third-order valence-corrected chi connectivity index (χ3v) is 4.53. The first kappa shape index (κ1) is 24.8. The Labute approximate surface area is 171 Å². The molecular formula is C17H39IN6O. The van der Waals surface area contributed by atoms with Crippen LogP contribution in [0, 0.1) is 0 Å². The first-order chi connectivity index (χ1) is 11.7. The lowest BCUT2D eigenvalue weighted by atomic mass is 10.3. The molecule has 0 aliphatic carbocycles. The number of piperazine rings is 1.